The van der Waals surface area contributed by atoms with Crippen LogP contribution in [0, 0.1) is 18.3 Å². The van der Waals surface area contributed by atoms with Gasteiger partial charge in [-0.05, 0) is 36.4 Å². The standard InChI is InChI=1S/C21H18ClN3O3/c1-2-11-23-21(28)17-5-3-4-6-18(17)24-20(27)14-12-19(26)25(13-14)16-9-7-15(22)8-10-16/h1,3-10,14H,11-13H2,(H,23,28)(H,24,27). The third-order valence-electron chi connectivity index (χ3n) is 4.41. The quantitative estimate of drug-likeness (QED) is 0.764. The van der Waals surface area contributed by atoms with Gasteiger partial charge in [-0.15, -0.1) is 6.42 Å². The molecule has 28 heavy (non-hydrogen) atoms. The van der Waals surface area contributed by atoms with Crippen molar-refractivity contribution in [3.63, 3.8) is 0 Å². The first kappa shape index (κ1) is 19.5. The lowest BCUT2D eigenvalue weighted by Gasteiger charge is -2.17. The number of rotatable bonds is 5. The summed E-state index contributed by atoms with van der Waals surface area (Å²) in [4.78, 5) is 38.8. The number of nitrogens with zero attached hydrogens (tertiary/aromatic N) is 1. The van der Waals surface area contributed by atoms with E-state index < -0.39 is 5.92 Å². The van der Waals surface area contributed by atoms with Crippen LogP contribution in [0.1, 0.15) is 16.8 Å². The van der Waals surface area contributed by atoms with Crippen molar-refractivity contribution in [2.75, 3.05) is 23.3 Å². The first-order valence-corrected chi connectivity index (χ1v) is 9.05. The van der Waals surface area contributed by atoms with Crippen molar-refractivity contribution in [1.29, 1.82) is 0 Å². The van der Waals surface area contributed by atoms with Crippen LogP contribution in [0.15, 0.2) is 48.5 Å². The van der Waals surface area contributed by atoms with Gasteiger partial charge in [-0.3, -0.25) is 14.4 Å². The van der Waals surface area contributed by atoms with Gasteiger partial charge in [-0.2, -0.15) is 0 Å². The van der Waals surface area contributed by atoms with Crippen LogP contribution in [0.3, 0.4) is 0 Å². The molecule has 1 atom stereocenters. The van der Waals surface area contributed by atoms with Crippen molar-refractivity contribution >= 4 is 40.7 Å². The second kappa shape index (κ2) is 8.59. The lowest BCUT2D eigenvalue weighted by atomic mass is 10.1. The summed E-state index contributed by atoms with van der Waals surface area (Å²) in [7, 11) is 0. The zero-order chi connectivity index (χ0) is 20.1. The van der Waals surface area contributed by atoms with E-state index in [2.05, 4.69) is 16.6 Å². The van der Waals surface area contributed by atoms with Crippen LogP contribution in [0.2, 0.25) is 5.02 Å². The number of hydrogen-bond donors (Lipinski definition) is 2. The van der Waals surface area contributed by atoms with E-state index in [4.69, 9.17) is 18.0 Å². The zero-order valence-electron chi connectivity index (χ0n) is 14.9. The molecule has 0 saturated carbocycles. The van der Waals surface area contributed by atoms with Crippen LogP contribution in [0.5, 0.6) is 0 Å². The molecule has 0 spiro atoms. The fourth-order valence-electron chi connectivity index (χ4n) is 3.01. The second-order valence-corrected chi connectivity index (χ2v) is 6.74. The van der Waals surface area contributed by atoms with Gasteiger partial charge in [0.1, 0.15) is 0 Å². The van der Waals surface area contributed by atoms with Crippen LogP contribution >= 0.6 is 11.6 Å². The van der Waals surface area contributed by atoms with E-state index >= 15 is 0 Å². The number of terminal acetylenes is 1. The van der Waals surface area contributed by atoms with Gasteiger partial charge >= 0.3 is 0 Å². The van der Waals surface area contributed by atoms with Crippen LogP contribution in [-0.4, -0.2) is 30.8 Å². The monoisotopic (exact) mass is 395 g/mol. The molecule has 1 heterocycles. The summed E-state index contributed by atoms with van der Waals surface area (Å²) in [5, 5.41) is 5.91. The minimum Gasteiger partial charge on any atom is -0.341 e. The predicted molar refractivity (Wildman–Crippen MR) is 108 cm³/mol. The Kier molecular flexibility index (Phi) is 5.97. The number of hydrogen-bond acceptors (Lipinski definition) is 3. The van der Waals surface area contributed by atoms with Crippen molar-refractivity contribution in [3.8, 4) is 12.3 Å². The second-order valence-electron chi connectivity index (χ2n) is 6.30. The van der Waals surface area contributed by atoms with Gasteiger partial charge in [0.2, 0.25) is 11.8 Å². The van der Waals surface area contributed by atoms with Crippen LogP contribution in [0.25, 0.3) is 0 Å². The molecule has 0 aliphatic carbocycles. The van der Waals surface area contributed by atoms with Gasteiger partial charge in [0.15, 0.2) is 0 Å². The third kappa shape index (κ3) is 4.33. The molecule has 3 rings (SSSR count). The molecular weight excluding hydrogens is 378 g/mol. The SMILES string of the molecule is C#CCNC(=O)c1ccccc1NC(=O)C1CC(=O)N(c2ccc(Cl)cc2)C1. The van der Waals surface area contributed by atoms with Gasteiger partial charge in [0, 0.05) is 23.7 Å². The van der Waals surface area contributed by atoms with E-state index in [1.165, 1.54) is 0 Å². The summed E-state index contributed by atoms with van der Waals surface area (Å²) in [6.07, 6.45) is 5.26. The Balaban J connectivity index is 1.71. The molecule has 3 amide bonds. The Morgan fingerprint density at radius 3 is 2.61 bits per heavy atom. The Labute approximate surface area is 167 Å². The van der Waals surface area contributed by atoms with E-state index in [9.17, 15) is 14.4 Å². The minimum atomic E-state index is -0.523. The molecule has 142 valence electrons. The van der Waals surface area contributed by atoms with E-state index in [0.29, 0.717) is 22.0 Å². The molecule has 2 aromatic carbocycles. The largest absolute Gasteiger partial charge is 0.341 e. The lowest BCUT2D eigenvalue weighted by molar-refractivity contribution is -0.122. The molecule has 0 aromatic heterocycles. The average molecular weight is 396 g/mol. The lowest BCUT2D eigenvalue weighted by Crippen LogP contribution is -2.29. The van der Waals surface area contributed by atoms with Gasteiger partial charge in [-0.25, -0.2) is 0 Å². The number of halogens is 1. The minimum absolute atomic E-state index is 0.0916. The van der Waals surface area contributed by atoms with Crippen LogP contribution in [-0.2, 0) is 9.59 Å². The molecule has 1 saturated heterocycles. The topological polar surface area (TPSA) is 78.5 Å². The Morgan fingerprint density at radius 1 is 1.18 bits per heavy atom. The highest BCUT2D eigenvalue weighted by atomic mass is 35.5. The van der Waals surface area contributed by atoms with E-state index in [1.807, 2.05) is 0 Å². The molecule has 1 aliphatic rings. The zero-order valence-corrected chi connectivity index (χ0v) is 15.7. The first-order chi connectivity index (χ1) is 13.5. The summed E-state index contributed by atoms with van der Waals surface area (Å²) in [5.74, 6) is 0.978. The summed E-state index contributed by atoms with van der Waals surface area (Å²) < 4.78 is 0. The van der Waals surface area contributed by atoms with Gasteiger partial charge in [-0.1, -0.05) is 29.7 Å². The number of carbonyl (C=O) groups is 3. The van der Waals surface area contributed by atoms with E-state index in [1.54, 1.807) is 53.4 Å². The van der Waals surface area contributed by atoms with Crippen LogP contribution < -0.4 is 15.5 Å². The molecule has 7 heteroatoms. The smallest absolute Gasteiger partial charge is 0.254 e. The maximum absolute atomic E-state index is 12.7. The fraction of sp³-hybridized carbons (Fsp3) is 0.190. The fourth-order valence-corrected chi connectivity index (χ4v) is 3.13. The highest BCUT2D eigenvalue weighted by molar-refractivity contribution is 6.30. The normalized spacial score (nSPS) is 15.8. The summed E-state index contributed by atoms with van der Waals surface area (Å²) in [5.41, 5.74) is 1.38. The van der Waals surface area contributed by atoms with Crippen molar-refractivity contribution in [2.45, 2.75) is 6.42 Å². The average Bonchev–Trinajstić information content (AvgIpc) is 3.09. The van der Waals surface area contributed by atoms with Gasteiger partial charge in [0.05, 0.1) is 23.7 Å². The summed E-state index contributed by atoms with van der Waals surface area (Å²) >= 11 is 5.89. The highest BCUT2D eigenvalue weighted by Gasteiger charge is 2.35. The van der Waals surface area contributed by atoms with Gasteiger partial charge in [0.25, 0.3) is 5.91 Å². The Hall–Kier alpha value is -3.30. The highest BCUT2D eigenvalue weighted by Crippen LogP contribution is 2.27. The van der Waals surface area contributed by atoms with Crippen molar-refractivity contribution < 1.29 is 14.4 Å². The van der Waals surface area contributed by atoms with Crippen molar-refractivity contribution in [3.05, 3.63) is 59.1 Å². The molecule has 6 nitrogen and oxygen atoms in total. The third-order valence-corrected chi connectivity index (χ3v) is 4.67. The molecule has 1 aliphatic heterocycles. The maximum atomic E-state index is 12.7. The number of carbonyl (C=O) groups excluding carboxylic acids is 3. The van der Waals surface area contributed by atoms with Crippen molar-refractivity contribution in [1.82, 2.24) is 5.32 Å². The van der Waals surface area contributed by atoms with Crippen LogP contribution in [0.4, 0.5) is 11.4 Å². The number of benzene rings is 2. The molecule has 2 N–H and O–H groups in total. The van der Waals surface area contributed by atoms with Crippen molar-refractivity contribution in [2.24, 2.45) is 5.92 Å². The first-order valence-electron chi connectivity index (χ1n) is 8.67. The molecule has 0 radical (unpaired) electrons. The molecule has 0 bridgehead atoms. The molecular formula is C21H18ClN3O3. The summed E-state index contributed by atoms with van der Waals surface area (Å²) in [6.45, 7) is 0.353. The van der Waals surface area contributed by atoms with Gasteiger partial charge < -0.3 is 15.5 Å². The number of nitrogens with one attached hydrogen (secondary N) is 2. The Bertz CT molecular complexity index is 950. The summed E-state index contributed by atoms with van der Waals surface area (Å²) in [6, 6.07) is 13.5. The number of amides is 3. The predicted octanol–water partition coefficient (Wildman–Crippen LogP) is 2.69. The van der Waals surface area contributed by atoms with E-state index in [0.717, 1.165) is 0 Å². The van der Waals surface area contributed by atoms with E-state index in [-0.39, 0.29) is 37.2 Å². The molecule has 1 fully saturated rings. The Morgan fingerprint density at radius 2 is 1.89 bits per heavy atom. The maximum Gasteiger partial charge on any atom is 0.254 e. The number of para-hydroxylation sites is 1. The number of anilines is 2. The molecule has 2 aromatic rings. The molecule has 1 unspecified atom stereocenters.